The quantitative estimate of drug-likeness (QED) is 0.202. The number of halogens is 1. The van der Waals surface area contributed by atoms with Crippen LogP contribution in [0.25, 0.3) is 11.2 Å². The van der Waals surface area contributed by atoms with E-state index < -0.39 is 83.1 Å². The molecule has 1 N–H and O–H groups in total. The van der Waals surface area contributed by atoms with Crippen molar-refractivity contribution in [2.75, 3.05) is 27.7 Å². The first kappa shape index (κ1) is 44.5. The van der Waals surface area contributed by atoms with Crippen molar-refractivity contribution in [3.63, 3.8) is 0 Å². The number of rotatable bonds is 10. The highest BCUT2D eigenvalue weighted by Crippen LogP contribution is 2.43. The van der Waals surface area contributed by atoms with Gasteiger partial charge in [0.05, 0.1) is 30.2 Å². The molecule has 318 valence electrons. The van der Waals surface area contributed by atoms with Gasteiger partial charge in [-0.2, -0.15) is 0 Å². The Kier molecular flexibility index (Phi) is 13.5. The molecule has 15 nitrogen and oxygen atoms in total. The zero-order valence-corrected chi connectivity index (χ0v) is 35.3. The summed E-state index contributed by atoms with van der Waals surface area (Å²) < 4.78 is 49.3. The molecule has 3 aliphatic heterocycles. The molecule has 0 saturated carbocycles. The van der Waals surface area contributed by atoms with Crippen molar-refractivity contribution in [2.24, 2.45) is 17.8 Å². The number of likely N-dealkylation sites (N-methyl/N-ethyl adjacent to an activating group) is 1. The number of pyridine rings is 1. The molecule has 2 aromatic rings. The summed E-state index contributed by atoms with van der Waals surface area (Å²) in [4.78, 5) is 68.8. The summed E-state index contributed by atoms with van der Waals surface area (Å²) in [5, 5.41) is 11.4. The number of Topliss-reactive ketones (excluding diaryl/α,β-unsaturated/α-hetero) is 2. The summed E-state index contributed by atoms with van der Waals surface area (Å²) in [6.07, 6.45) is -0.768. The van der Waals surface area contributed by atoms with E-state index in [9.17, 15) is 24.3 Å². The second-order valence-corrected chi connectivity index (χ2v) is 17.1. The van der Waals surface area contributed by atoms with Crippen LogP contribution in [0.5, 0.6) is 0 Å². The van der Waals surface area contributed by atoms with Crippen LogP contribution >= 0.6 is 0 Å². The maximum absolute atomic E-state index is 16.9. The Hall–Kier alpha value is -3.57. The summed E-state index contributed by atoms with van der Waals surface area (Å²) in [6.45, 7) is 13.3. The number of carbonyl (C=O) groups excluding carboxylic acids is 4. The first-order valence-electron chi connectivity index (χ1n) is 20.2. The number of nitrogens with zero attached hydrogens (tertiary/aromatic N) is 5. The largest absolute Gasteiger partial charge is 0.455 e. The zero-order valence-electron chi connectivity index (χ0n) is 35.3. The minimum absolute atomic E-state index is 0.000224. The van der Waals surface area contributed by atoms with Crippen molar-refractivity contribution in [3.8, 4) is 0 Å². The number of esters is 1. The van der Waals surface area contributed by atoms with E-state index in [0.29, 0.717) is 25.8 Å². The van der Waals surface area contributed by atoms with Gasteiger partial charge in [0.1, 0.15) is 23.5 Å². The number of hydrogen-bond donors (Lipinski definition) is 1. The highest BCUT2D eigenvalue weighted by molar-refractivity contribution is 6.08. The molecular weight excluding hydrogens is 741 g/mol. The number of aryl methyl sites for hydroxylation is 1. The summed E-state index contributed by atoms with van der Waals surface area (Å²) in [6, 6.07) is 2.42. The molecule has 13 atom stereocenters. The van der Waals surface area contributed by atoms with Gasteiger partial charge < -0.3 is 43.2 Å². The third-order valence-electron chi connectivity index (χ3n) is 12.6. The first-order valence-corrected chi connectivity index (χ1v) is 20.2. The molecule has 3 fully saturated rings. The highest BCUT2D eigenvalue weighted by atomic mass is 19.1. The van der Waals surface area contributed by atoms with Gasteiger partial charge in [-0.25, -0.2) is 23.9 Å². The van der Waals surface area contributed by atoms with Crippen LogP contribution in [0, 0.1) is 17.8 Å². The molecular formula is C41H62FN5O10. The molecule has 0 aromatic carbocycles. The maximum atomic E-state index is 16.9. The molecule has 3 aliphatic rings. The van der Waals surface area contributed by atoms with E-state index in [-0.39, 0.29) is 37.3 Å². The van der Waals surface area contributed by atoms with Crippen LogP contribution in [-0.2, 0) is 44.6 Å². The Labute approximate surface area is 334 Å². The molecule has 0 aliphatic carbocycles. The second-order valence-electron chi connectivity index (χ2n) is 17.1. The summed E-state index contributed by atoms with van der Waals surface area (Å²) in [7, 11) is 5.05. The number of amides is 1. The van der Waals surface area contributed by atoms with Gasteiger partial charge in [-0.15, -0.1) is 0 Å². The monoisotopic (exact) mass is 803 g/mol. The first-order chi connectivity index (χ1) is 26.7. The summed E-state index contributed by atoms with van der Waals surface area (Å²) in [5.41, 5.74) is -4.69. The average molecular weight is 804 g/mol. The second kappa shape index (κ2) is 17.3. The number of carbonyl (C=O) groups is 4. The van der Waals surface area contributed by atoms with Gasteiger partial charge in [0.15, 0.2) is 23.3 Å². The minimum Gasteiger partial charge on any atom is -0.455 e. The van der Waals surface area contributed by atoms with Gasteiger partial charge in [-0.05, 0) is 86.0 Å². The van der Waals surface area contributed by atoms with Crippen LogP contribution in [0.1, 0.15) is 87.5 Å². The van der Waals surface area contributed by atoms with E-state index in [1.165, 1.54) is 18.9 Å². The van der Waals surface area contributed by atoms with Crippen molar-refractivity contribution < 1.29 is 52.4 Å². The van der Waals surface area contributed by atoms with Crippen LogP contribution in [0.4, 0.5) is 9.18 Å². The van der Waals surface area contributed by atoms with Crippen molar-refractivity contribution in [1.29, 1.82) is 0 Å². The van der Waals surface area contributed by atoms with Crippen molar-refractivity contribution in [3.05, 3.63) is 24.7 Å². The Bertz CT molecular complexity index is 1770. The number of alkyl halides is 1. The van der Waals surface area contributed by atoms with Crippen molar-refractivity contribution in [2.45, 2.75) is 154 Å². The number of aliphatic hydroxyl groups excluding tert-OH is 1. The Morgan fingerprint density at radius 1 is 1.04 bits per heavy atom. The number of ether oxygens (including phenoxy) is 5. The lowest BCUT2D eigenvalue weighted by atomic mass is 9.73. The number of unbranched alkanes of at least 4 members (excludes halogenated alkanes) is 1. The highest BCUT2D eigenvalue weighted by Gasteiger charge is 2.61. The fourth-order valence-corrected chi connectivity index (χ4v) is 9.34. The molecule has 0 spiro atoms. The van der Waals surface area contributed by atoms with E-state index in [1.54, 1.807) is 47.1 Å². The van der Waals surface area contributed by atoms with Gasteiger partial charge in [-0.1, -0.05) is 27.7 Å². The third-order valence-corrected chi connectivity index (χ3v) is 12.6. The van der Waals surface area contributed by atoms with Gasteiger partial charge in [0, 0.05) is 50.2 Å². The summed E-state index contributed by atoms with van der Waals surface area (Å²) in [5.74, 6) is -5.78. The van der Waals surface area contributed by atoms with E-state index in [1.807, 2.05) is 42.6 Å². The fraction of sp³-hybridized carbons (Fsp3) is 0.756. The molecule has 2 aromatic heterocycles. The smallest absolute Gasteiger partial charge is 0.410 e. The lowest BCUT2D eigenvalue weighted by Crippen LogP contribution is -2.61. The number of cyclic esters (lactones) is 1. The van der Waals surface area contributed by atoms with Crippen molar-refractivity contribution >= 4 is 34.8 Å². The molecule has 16 heteroatoms. The molecule has 0 radical (unpaired) electrons. The maximum Gasteiger partial charge on any atom is 0.410 e. The van der Waals surface area contributed by atoms with Crippen LogP contribution in [0.2, 0.25) is 0 Å². The molecule has 57 heavy (non-hydrogen) atoms. The van der Waals surface area contributed by atoms with E-state index in [2.05, 4.69) is 9.97 Å². The van der Waals surface area contributed by atoms with Crippen LogP contribution < -0.4 is 0 Å². The number of aliphatic hydroxyl groups is 1. The Balaban J connectivity index is 1.49. The topological polar surface area (TPSA) is 172 Å². The average Bonchev–Trinajstić information content (AvgIpc) is 3.70. The van der Waals surface area contributed by atoms with E-state index >= 15 is 4.39 Å². The molecule has 1 amide bonds. The van der Waals surface area contributed by atoms with Gasteiger partial charge in [-0.3, -0.25) is 9.59 Å². The normalized spacial score (nSPS) is 38.6. The Morgan fingerprint density at radius 3 is 2.37 bits per heavy atom. The number of ketones is 2. The molecule has 3 saturated heterocycles. The van der Waals surface area contributed by atoms with Gasteiger partial charge >= 0.3 is 12.1 Å². The number of hydrogen-bond acceptors (Lipinski definition) is 13. The lowest BCUT2D eigenvalue weighted by Gasteiger charge is -2.47. The summed E-state index contributed by atoms with van der Waals surface area (Å²) >= 11 is 0. The Morgan fingerprint density at radius 2 is 1.72 bits per heavy atom. The van der Waals surface area contributed by atoms with Crippen LogP contribution in [0.15, 0.2) is 24.7 Å². The molecule has 5 rings (SSSR count). The van der Waals surface area contributed by atoms with Crippen LogP contribution in [-0.4, -0.2) is 140 Å². The fourth-order valence-electron chi connectivity index (χ4n) is 9.34. The zero-order chi connectivity index (χ0) is 42.2. The number of imidazole rings is 1. The molecule has 5 heterocycles. The van der Waals surface area contributed by atoms with Crippen LogP contribution in [0.3, 0.4) is 0 Å². The molecule has 13 unspecified atom stereocenters. The lowest BCUT2D eigenvalue weighted by molar-refractivity contribution is -0.295. The standard InChI is InChI=1S/C41H62FN5O10/c1-12-29-41(8)32(47(38(52)57-41)19-14-13-18-46-22-44-27-16-15-17-43-35(27)46)25(4)30(48)23(2)21-39(6,53-11)34(26(5)33(50)40(7,42)37(51)55-29)56-36-31(49)28(45(9)10)20-24(3)54-36/h15-17,22-26,28-29,31-32,34,36,49H,12-14,18-21H2,1-11H3. The minimum atomic E-state index is -3.17. The number of methoxy groups -OCH3 is 1. The number of fused-ring (bicyclic) bond motifs is 2. The van der Waals surface area contributed by atoms with E-state index in [0.717, 1.165) is 18.1 Å². The predicted molar refractivity (Wildman–Crippen MR) is 207 cm³/mol. The van der Waals surface area contributed by atoms with Gasteiger partial charge in [0.25, 0.3) is 5.67 Å². The van der Waals surface area contributed by atoms with Gasteiger partial charge in [0.2, 0.25) is 0 Å². The predicted octanol–water partition coefficient (Wildman–Crippen LogP) is 4.51. The SMILES string of the molecule is CCC1OC(=O)C(C)(F)C(=O)C(C)C(OC2OC(C)CC(N(C)C)C2O)C(C)(OC)CC(C)C(=O)C(C)C2N(CCCCn3cnc4cccnc43)C(=O)OC12C. The third kappa shape index (κ3) is 8.61. The van der Waals surface area contributed by atoms with Crippen molar-refractivity contribution in [1.82, 2.24) is 24.3 Å². The van der Waals surface area contributed by atoms with E-state index in [4.69, 9.17) is 23.7 Å². The number of aromatic nitrogens is 3. The molecule has 0 bridgehead atoms.